The summed E-state index contributed by atoms with van der Waals surface area (Å²) >= 11 is 0. The van der Waals surface area contributed by atoms with Crippen LogP contribution < -0.4 is 5.32 Å². The van der Waals surface area contributed by atoms with Crippen molar-refractivity contribution in [2.45, 2.75) is 19.1 Å². The topological polar surface area (TPSA) is 49.3 Å². The van der Waals surface area contributed by atoms with Gasteiger partial charge in [0.2, 0.25) is 5.91 Å². The zero-order chi connectivity index (χ0) is 13.5. The summed E-state index contributed by atoms with van der Waals surface area (Å²) < 4.78 is 0. The molecule has 2 aromatic rings. The van der Waals surface area contributed by atoms with Crippen molar-refractivity contribution in [3.63, 3.8) is 0 Å². The van der Waals surface area contributed by atoms with E-state index in [9.17, 15) is 9.90 Å². The molecule has 0 unspecified atom stereocenters. The highest BCUT2D eigenvalue weighted by Crippen LogP contribution is 2.15. The first-order valence-electron chi connectivity index (χ1n) is 6.29. The predicted molar refractivity (Wildman–Crippen MR) is 74.3 cm³/mol. The summed E-state index contributed by atoms with van der Waals surface area (Å²) in [6, 6.07) is 18.9. The number of nitrogens with one attached hydrogen (secondary N) is 1. The fraction of sp³-hybridized carbons (Fsp3) is 0.188. The molecule has 1 amide bonds. The summed E-state index contributed by atoms with van der Waals surface area (Å²) in [6.45, 7) is 0.487. The van der Waals surface area contributed by atoms with Crippen LogP contribution in [0.2, 0.25) is 0 Å². The molecule has 0 spiro atoms. The van der Waals surface area contributed by atoms with E-state index in [4.69, 9.17) is 0 Å². The first kappa shape index (κ1) is 13.3. The standard InChI is InChI=1S/C16H17NO2/c18-15(14-9-5-2-6-10-14)11-16(19)17-12-13-7-3-1-4-8-13/h1-10,15,18H,11-12H2,(H,17,19)/t15-/m1/s1. The molecule has 98 valence electrons. The maximum absolute atomic E-state index is 11.7. The first-order valence-corrected chi connectivity index (χ1v) is 6.29. The van der Waals surface area contributed by atoms with E-state index >= 15 is 0 Å². The zero-order valence-corrected chi connectivity index (χ0v) is 10.6. The molecule has 0 fully saturated rings. The van der Waals surface area contributed by atoms with Crippen molar-refractivity contribution in [3.05, 3.63) is 71.8 Å². The Morgan fingerprint density at radius 3 is 2.21 bits per heavy atom. The molecule has 0 radical (unpaired) electrons. The minimum atomic E-state index is -0.753. The van der Waals surface area contributed by atoms with E-state index in [1.54, 1.807) is 0 Å². The molecule has 0 aromatic heterocycles. The molecule has 0 saturated carbocycles. The van der Waals surface area contributed by atoms with Crippen molar-refractivity contribution in [3.8, 4) is 0 Å². The molecule has 0 saturated heterocycles. The van der Waals surface area contributed by atoms with Crippen LogP contribution in [0.15, 0.2) is 60.7 Å². The normalized spacial score (nSPS) is 11.8. The van der Waals surface area contributed by atoms with Crippen LogP contribution in [0.4, 0.5) is 0 Å². The van der Waals surface area contributed by atoms with Gasteiger partial charge in [-0.2, -0.15) is 0 Å². The van der Waals surface area contributed by atoms with Gasteiger partial charge in [-0.3, -0.25) is 4.79 Å². The second kappa shape index (κ2) is 6.71. The van der Waals surface area contributed by atoms with E-state index in [1.807, 2.05) is 60.7 Å². The van der Waals surface area contributed by atoms with E-state index in [1.165, 1.54) is 0 Å². The number of carbonyl (C=O) groups is 1. The third-order valence-corrected chi connectivity index (χ3v) is 2.90. The molecule has 0 heterocycles. The largest absolute Gasteiger partial charge is 0.388 e. The molecule has 2 aromatic carbocycles. The molecule has 0 bridgehead atoms. The molecule has 1 atom stereocenters. The summed E-state index contributed by atoms with van der Waals surface area (Å²) in [5.41, 5.74) is 1.81. The molecule has 0 aliphatic rings. The van der Waals surface area contributed by atoms with Gasteiger partial charge in [-0.05, 0) is 11.1 Å². The third-order valence-electron chi connectivity index (χ3n) is 2.90. The van der Waals surface area contributed by atoms with Crippen LogP contribution in [-0.2, 0) is 11.3 Å². The fourth-order valence-corrected chi connectivity index (χ4v) is 1.84. The van der Waals surface area contributed by atoms with Gasteiger partial charge in [-0.1, -0.05) is 60.7 Å². The molecule has 0 aliphatic heterocycles. The monoisotopic (exact) mass is 255 g/mol. The number of benzene rings is 2. The average Bonchev–Trinajstić information content (AvgIpc) is 2.47. The van der Waals surface area contributed by atoms with Gasteiger partial charge >= 0.3 is 0 Å². The SMILES string of the molecule is O=C(C[C@@H](O)c1ccccc1)NCc1ccccc1. The van der Waals surface area contributed by atoms with Crippen LogP contribution in [-0.4, -0.2) is 11.0 Å². The van der Waals surface area contributed by atoms with Crippen molar-refractivity contribution >= 4 is 5.91 Å². The zero-order valence-electron chi connectivity index (χ0n) is 10.6. The minimum Gasteiger partial charge on any atom is -0.388 e. The molecule has 2 rings (SSSR count). The Balaban J connectivity index is 1.82. The highest BCUT2D eigenvalue weighted by molar-refractivity contribution is 5.76. The second-order valence-corrected chi connectivity index (χ2v) is 4.39. The Morgan fingerprint density at radius 2 is 1.58 bits per heavy atom. The van der Waals surface area contributed by atoms with Gasteiger partial charge in [0.1, 0.15) is 0 Å². The van der Waals surface area contributed by atoms with Gasteiger partial charge in [-0.25, -0.2) is 0 Å². The molecule has 19 heavy (non-hydrogen) atoms. The highest BCUT2D eigenvalue weighted by atomic mass is 16.3. The number of carbonyl (C=O) groups excluding carboxylic acids is 1. The second-order valence-electron chi connectivity index (χ2n) is 4.39. The van der Waals surface area contributed by atoms with Crippen molar-refractivity contribution in [1.82, 2.24) is 5.32 Å². The van der Waals surface area contributed by atoms with Gasteiger partial charge in [0.05, 0.1) is 12.5 Å². The van der Waals surface area contributed by atoms with Crippen LogP contribution in [0.3, 0.4) is 0 Å². The van der Waals surface area contributed by atoms with Gasteiger partial charge in [0, 0.05) is 6.54 Å². The summed E-state index contributed by atoms with van der Waals surface area (Å²) in [6.07, 6.45) is -0.673. The van der Waals surface area contributed by atoms with Crippen LogP contribution in [0.1, 0.15) is 23.7 Å². The van der Waals surface area contributed by atoms with Crippen LogP contribution >= 0.6 is 0 Å². The Hall–Kier alpha value is -2.13. The number of amides is 1. The third kappa shape index (κ3) is 4.23. The maximum atomic E-state index is 11.7. The lowest BCUT2D eigenvalue weighted by Crippen LogP contribution is -2.24. The number of rotatable bonds is 5. The Labute approximate surface area is 112 Å². The van der Waals surface area contributed by atoms with Gasteiger partial charge in [-0.15, -0.1) is 0 Å². The predicted octanol–water partition coefficient (Wildman–Crippen LogP) is 2.43. The molecule has 3 nitrogen and oxygen atoms in total. The summed E-state index contributed by atoms with van der Waals surface area (Å²) in [5, 5.41) is 12.7. The Kier molecular flexibility index (Phi) is 4.70. The summed E-state index contributed by atoms with van der Waals surface area (Å²) in [5.74, 6) is -0.153. The number of aliphatic hydroxyl groups is 1. The smallest absolute Gasteiger partial charge is 0.223 e. The van der Waals surface area contributed by atoms with E-state index < -0.39 is 6.10 Å². The number of aliphatic hydroxyl groups excluding tert-OH is 1. The minimum absolute atomic E-state index is 0.0802. The number of hydrogen-bond donors (Lipinski definition) is 2. The Bertz CT molecular complexity index is 511. The Morgan fingerprint density at radius 1 is 1.00 bits per heavy atom. The lowest BCUT2D eigenvalue weighted by molar-refractivity contribution is -0.123. The maximum Gasteiger partial charge on any atom is 0.223 e. The molecule has 3 heteroatoms. The van der Waals surface area contributed by atoms with Crippen molar-refractivity contribution in [2.24, 2.45) is 0 Å². The lowest BCUT2D eigenvalue weighted by atomic mass is 10.1. The molecular formula is C16H17NO2. The van der Waals surface area contributed by atoms with Gasteiger partial charge in [0.15, 0.2) is 0 Å². The van der Waals surface area contributed by atoms with Gasteiger partial charge < -0.3 is 10.4 Å². The molecular weight excluding hydrogens is 238 g/mol. The van der Waals surface area contributed by atoms with Crippen molar-refractivity contribution in [2.75, 3.05) is 0 Å². The van der Waals surface area contributed by atoms with E-state index in [0.29, 0.717) is 6.54 Å². The fourth-order valence-electron chi connectivity index (χ4n) is 1.84. The van der Waals surface area contributed by atoms with Crippen molar-refractivity contribution in [1.29, 1.82) is 0 Å². The summed E-state index contributed by atoms with van der Waals surface area (Å²) in [7, 11) is 0. The average molecular weight is 255 g/mol. The lowest BCUT2D eigenvalue weighted by Gasteiger charge is -2.11. The van der Waals surface area contributed by atoms with Crippen LogP contribution in [0, 0.1) is 0 Å². The highest BCUT2D eigenvalue weighted by Gasteiger charge is 2.12. The molecule has 2 N–H and O–H groups in total. The quantitative estimate of drug-likeness (QED) is 0.862. The van der Waals surface area contributed by atoms with E-state index in [0.717, 1.165) is 11.1 Å². The van der Waals surface area contributed by atoms with Crippen molar-refractivity contribution < 1.29 is 9.90 Å². The first-order chi connectivity index (χ1) is 9.25. The van der Waals surface area contributed by atoms with E-state index in [2.05, 4.69) is 5.32 Å². The number of hydrogen-bond acceptors (Lipinski definition) is 2. The van der Waals surface area contributed by atoms with E-state index in [-0.39, 0.29) is 12.3 Å². The summed E-state index contributed by atoms with van der Waals surface area (Å²) in [4.78, 5) is 11.7. The van der Waals surface area contributed by atoms with Gasteiger partial charge in [0.25, 0.3) is 0 Å². The van der Waals surface area contributed by atoms with Crippen LogP contribution in [0.25, 0.3) is 0 Å². The molecule has 0 aliphatic carbocycles. The van der Waals surface area contributed by atoms with Crippen LogP contribution in [0.5, 0.6) is 0 Å².